The van der Waals surface area contributed by atoms with E-state index in [1.54, 1.807) is 19.8 Å². The largest absolute Gasteiger partial charge is 0.495 e. The Labute approximate surface area is 190 Å². The summed E-state index contributed by atoms with van der Waals surface area (Å²) < 4.78 is 7.51. The van der Waals surface area contributed by atoms with E-state index in [4.69, 9.17) is 9.73 Å². The van der Waals surface area contributed by atoms with Crippen LogP contribution in [-0.4, -0.2) is 60.1 Å². The molecule has 2 aromatic rings. The molecule has 1 saturated heterocycles. The fourth-order valence-corrected chi connectivity index (χ4v) is 3.44. The van der Waals surface area contributed by atoms with Gasteiger partial charge in [-0.1, -0.05) is 12.1 Å². The summed E-state index contributed by atoms with van der Waals surface area (Å²) in [5.41, 5.74) is 1.16. The summed E-state index contributed by atoms with van der Waals surface area (Å²) in [6.45, 7) is 6.65. The van der Waals surface area contributed by atoms with Crippen molar-refractivity contribution in [2.75, 3.05) is 38.2 Å². The van der Waals surface area contributed by atoms with E-state index in [1.165, 1.54) is 0 Å². The number of aryl methyl sites for hydroxylation is 1. The van der Waals surface area contributed by atoms with Crippen molar-refractivity contribution in [3.05, 3.63) is 36.9 Å². The lowest BCUT2D eigenvalue weighted by atomic mass is 10.2. The molecule has 0 radical (unpaired) electrons. The zero-order valence-corrected chi connectivity index (χ0v) is 19.6. The molecule has 1 fully saturated rings. The van der Waals surface area contributed by atoms with Gasteiger partial charge >= 0.3 is 0 Å². The lowest BCUT2D eigenvalue weighted by Gasteiger charge is -2.22. The van der Waals surface area contributed by atoms with Crippen LogP contribution in [0.1, 0.15) is 26.2 Å². The van der Waals surface area contributed by atoms with Crippen molar-refractivity contribution >= 4 is 35.6 Å². The second-order valence-electron chi connectivity index (χ2n) is 6.92. The number of methoxy groups -OCH3 is 1. The maximum absolute atomic E-state index is 5.51. The predicted molar refractivity (Wildman–Crippen MR) is 127 cm³/mol. The molecule has 2 N–H and O–H groups in total. The van der Waals surface area contributed by atoms with Crippen molar-refractivity contribution in [3.63, 3.8) is 0 Å². The van der Waals surface area contributed by atoms with E-state index < -0.39 is 0 Å². The van der Waals surface area contributed by atoms with E-state index in [1.807, 2.05) is 16.7 Å². The third kappa shape index (κ3) is 7.06. The summed E-state index contributed by atoms with van der Waals surface area (Å²) in [6, 6.07) is 8.58. The van der Waals surface area contributed by atoms with Crippen LogP contribution in [0, 0.1) is 0 Å². The van der Waals surface area contributed by atoms with Crippen LogP contribution >= 0.6 is 24.0 Å². The van der Waals surface area contributed by atoms with E-state index in [-0.39, 0.29) is 24.0 Å². The first kappa shape index (κ1) is 23.2. The fraction of sp³-hybridized carbons (Fsp3) is 0.550. The van der Waals surface area contributed by atoms with E-state index in [0.29, 0.717) is 6.04 Å². The van der Waals surface area contributed by atoms with Crippen LogP contribution in [0.15, 0.2) is 41.9 Å². The number of halogens is 1. The molecule has 1 aromatic heterocycles. The molecule has 2 heterocycles. The first-order valence-corrected chi connectivity index (χ1v) is 10.1. The van der Waals surface area contributed by atoms with Crippen molar-refractivity contribution in [2.24, 2.45) is 4.99 Å². The zero-order chi connectivity index (χ0) is 19.6. The Morgan fingerprint density at radius 1 is 1.24 bits per heavy atom. The number of benzene rings is 1. The highest BCUT2D eigenvalue weighted by atomic mass is 127. The van der Waals surface area contributed by atoms with Crippen LogP contribution in [0.2, 0.25) is 0 Å². The Morgan fingerprint density at radius 2 is 2.03 bits per heavy atom. The SMILES string of the molecule is CCNC(=NCCCCn1cnnc1)NC1CCN(c2ccccc2OC)C1.I. The Bertz CT molecular complexity index is 738. The van der Waals surface area contributed by atoms with Gasteiger partial charge in [0.25, 0.3) is 0 Å². The van der Waals surface area contributed by atoms with Crippen LogP contribution in [-0.2, 0) is 6.54 Å². The molecule has 0 aliphatic carbocycles. The zero-order valence-electron chi connectivity index (χ0n) is 17.3. The van der Waals surface area contributed by atoms with Gasteiger partial charge in [-0.15, -0.1) is 34.2 Å². The molecule has 0 spiro atoms. The Hall–Kier alpha value is -2.04. The van der Waals surface area contributed by atoms with Crippen molar-refractivity contribution < 1.29 is 4.74 Å². The second-order valence-corrected chi connectivity index (χ2v) is 6.92. The molecule has 0 bridgehead atoms. The second kappa shape index (κ2) is 12.5. The standard InChI is InChI=1S/C20H31N7O.HI/c1-3-21-20(22-11-6-7-12-26-15-23-24-16-26)25-17-10-13-27(14-17)18-8-4-5-9-19(18)28-2;/h4-5,8-9,15-17H,3,6-7,10-14H2,1-2H3,(H2,21,22,25);1H. The third-order valence-electron chi connectivity index (χ3n) is 4.86. The first-order valence-electron chi connectivity index (χ1n) is 10.1. The lowest BCUT2D eigenvalue weighted by molar-refractivity contribution is 0.415. The van der Waals surface area contributed by atoms with Crippen molar-refractivity contribution in [1.82, 2.24) is 25.4 Å². The predicted octanol–water partition coefficient (Wildman–Crippen LogP) is 2.52. The smallest absolute Gasteiger partial charge is 0.191 e. The summed E-state index contributed by atoms with van der Waals surface area (Å²) in [4.78, 5) is 7.11. The maximum atomic E-state index is 5.51. The number of unbranched alkanes of at least 4 members (excludes halogenated alkanes) is 1. The fourth-order valence-electron chi connectivity index (χ4n) is 3.44. The van der Waals surface area contributed by atoms with Gasteiger partial charge in [-0.05, 0) is 38.3 Å². The molecule has 0 saturated carbocycles. The molecule has 1 atom stereocenters. The molecule has 160 valence electrons. The highest BCUT2D eigenvalue weighted by Crippen LogP contribution is 2.30. The summed E-state index contributed by atoms with van der Waals surface area (Å²) in [5.74, 6) is 1.83. The molecule has 29 heavy (non-hydrogen) atoms. The number of aliphatic imine (C=N–C) groups is 1. The number of guanidine groups is 1. The minimum Gasteiger partial charge on any atom is -0.495 e. The van der Waals surface area contributed by atoms with Crippen molar-refractivity contribution in [1.29, 1.82) is 0 Å². The molecule has 3 rings (SSSR count). The topological polar surface area (TPSA) is 79.6 Å². The third-order valence-corrected chi connectivity index (χ3v) is 4.86. The van der Waals surface area contributed by atoms with Crippen LogP contribution in [0.25, 0.3) is 0 Å². The first-order chi connectivity index (χ1) is 13.8. The van der Waals surface area contributed by atoms with Gasteiger partial charge in [0.2, 0.25) is 0 Å². The quantitative estimate of drug-likeness (QED) is 0.232. The average Bonchev–Trinajstić information content (AvgIpc) is 3.40. The molecule has 9 heteroatoms. The Kier molecular flexibility index (Phi) is 10.0. The van der Waals surface area contributed by atoms with Crippen LogP contribution in [0.5, 0.6) is 5.75 Å². The maximum Gasteiger partial charge on any atom is 0.191 e. The average molecular weight is 513 g/mol. The highest BCUT2D eigenvalue weighted by Gasteiger charge is 2.25. The van der Waals surface area contributed by atoms with Crippen LogP contribution in [0.4, 0.5) is 5.69 Å². The number of para-hydroxylation sites is 2. The van der Waals surface area contributed by atoms with Crippen molar-refractivity contribution in [3.8, 4) is 5.75 Å². The highest BCUT2D eigenvalue weighted by molar-refractivity contribution is 14.0. The van der Waals surface area contributed by atoms with Gasteiger partial charge in [0.1, 0.15) is 18.4 Å². The lowest BCUT2D eigenvalue weighted by Crippen LogP contribution is -2.44. The number of hydrogen-bond donors (Lipinski definition) is 2. The van der Waals surface area contributed by atoms with E-state index >= 15 is 0 Å². The molecule has 1 aliphatic heterocycles. The number of ether oxygens (including phenoxy) is 1. The number of aromatic nitrogens is 3. The molecular weight excluding hydrogens is 481 g/mol. The summed E-state index contributed by atoms with van der Waals surface area (Å²) in [7, 11) is 1.73. The number of anilines is 1. The van der Waals surface area contributed by atoms with Gasteiger partial charge in [0.05, 0.1) is 12.8 Å². The number of nitrogens with one attached hydrogen (secondary N) is 2. The van der Waals surface area contributed by atoms with Crippen molar-refractivity contribution in [2.45, 2.75) is 38.8 Å². The van der Waals surface area contributed by atoms with Gasteiger partial charge < -0.3 is 24.8 Å². The number of nitrogens with zero attached hydrogens (tertiary/aromatic N) is 5. The molecule has 1 aliphatic rings. The van der Waals surface area contributed by atoms with Gasteiger partial charge in [0, 0.05) is 38.8 Å². The molecule has 0 amide bonds. The number of rotatable bonds is 9. The van der Waals surface area contributed by atoms with E-state index in [0.717, 1.165) is 69.4 Å². The van der Waals surface area contributed by atoms with Gasteiger partial charge in [0.15, 0.2) is 5.96 Å². The van der Waals surface area contributed by atoms with Gasteiger partial charge in [-0.25, -0.2) is 0 Å². The monoisotopic (exact) mass is 513 g/mol. The number of hydrogen-bond acceptors (Lipinski definition) is 5. The summed E-state index contributed by atoms with van der Waals surface area (Å²) >= 11 is 0. The summed E-state index contributed by atoms with van der Waals surface area (Å²) in [5, 5.41) is 14.6. The Morgan fingerprint density at radius 3 is 2.79 bits per heavy atom. The Balaban J connectivity index is 0.00000300. The molecule has 8 nitrogen and oxygen atoms in total. The normalized spacial score (nSPS) is 16.4. The van der Waals surface area contributed by atoms with E-state index in [9.17, 15) is 0 Å². The molecule has 1 unspecified atom stereocenters. The van der Waals surface area contributed by atoms with Crippen LogP contribution < -0.4 is 20.3 Å². The summed E-state index contributed by atoms with van der Waals surface area (Å²) in [6.07, 6.45) is 6.68. The van der Waals surface area contributed by atoms with E-state index in [2.05, 4.69) is 44.8 Å². The molecular formula is C20H32IN7O. The minimum absolute atomic E-state index is 0. The molecule has 1 aromatic carbocycles. The van der Waals surface area contributed by atoms with Gasteiger partial charge in [-0.3, -0.25) is 4.99 Å². The van der Waals surface area contributed by atoms with Gasteiger partial charge in [-0.2, -0.15) is 0 Å². The minimum atomic E-state index is 0. The van der Waals surface area contributed by atoms with Crippen LogP contribution in [0.3, 0.4) is 0 Å².